The fourth-order valence-corrected chi connectivity index (χ4v) is 2.61. The van der Waals surface area contributed by atoms with Gasteiger partial charge in [-0.1, -0.05) is 6.92 Å². The summed E-state index contributed by atoms with van der Waals surface area (Å²) in [6, 6.07) is 4.17. The summed E-state index contributed by atoms with van der Waals surface area (Å²) in [4.78, 5) is 1.46. The quantitative estimate of drug-likeness (QED) is 0.779. The van der Waals surface area contributed by atoms with E-state index in [1.807, 2.05) is 34.5 Å². The highest BCUT2D eigenvalue weighted by Crippen LogP contribution is 2.16. The molecule has 16 heavy (non-hydrogen) atoms. The summed E-state index contributed by atoms with van der Waals surface area (Å²) < 4.78 is 1.95. The first-order valence-electron chi connectivity index (χ1n) is 5.63. The highest BCUT2D eigenvalue weighted by molar-refractivity contribution is 7.10. The van der Waals surface area contributed by atoms with E-state index in [4.69, 9.17) is 0 Å². The van der Waals surface area contributed by atoms with Gasteiger partial charge >= 0.3 is 0 Å². The maximum absolute atomic E-state index is 4.16. The van der Waals surface area contributed by atoms with Crippen LogP contribution in [0.2, 0.25) is 0 Å². The average molecular weight is 235 g/mol. The first kappa shape index (κ1) is 11.4. The Bertz CT molecular complexity index is 406. The Hall–Kier alpha value is -1.13. The second kappa shape index (κ2) is 5.82. The van der Waals surface area contributed by atoms with Crippen molar-refractivity contribution in [3.8, 4) is 0 Å². The minimum Gasteiger partial charge on any atom is -0.310 e. The number of thiophene rings is 1. The van der Waals surface area contributed by atoms with Crippen molar-refractivity contribution in [2.45, 2.75) is 26.4 Å². The summed E-state index contributed by atoms with van der Waals surface area (Å²) in [7, 11) is 0. The van der Waals surface area contributed by atoms with Crippen LogP contribution < -0.4 is 5.32 Å². The van der Waals surface area contributed by atoms with Crippen LogP contribution in [-0.2, 0) is 19.5 Å². The van der Waals surface area contributed by atoms with Crippen molar-refractivity contribution in [3.63, 3.8) is 0 Å². The van der Waals surface area contributed by atoms with Gasteiger partial charge in [-0.05, 0) is 29.5 Å². The van der Waals surface area contributed by atoms with Crippen molar-refractivity contribution in [1.82, 2.24) is 15.1 Å². The van der Waals surface area contributed by atoms with Crippen molar-refractivity contribution < 1.29 is 0 Å². The molecule has 0 spiro atoms. The van der Waals surface area contributed by atoms with E-state index < -0.39 is 0 Å². The maximum Gasteiger partial charge on any atom is 0.0534 e. The lowest BCUT2D eigenvalue weighted by Gasteiger charge is -2.05. The summed E-state index contributed by atoms with van der Waals surface area (Å²) in [5.74, 6) is 0. The zero-order valence-corrected chi connectivity index (χ0v) is 10.3. The molecule has 0 atom stereocenters. The molecule has 0 bridgehead atoms. The predicted molar refractivity (Wildman–Crippen MR) is 67.6 cm³/mol. The van der Waals surface area contributed by atoms with E-state index in [0.29, 0.717) is 0 Å². The summed E-state index contributed by atoms with van der Waals surface area (Å²) in [6.07, 6.45) is 4.93. The van der Waals surface area contributed by atoms with Gasteiger partial charge in [0.25, 0.3) is 0 Å². The Kier molecular flexibility index (Phi) is 4.13. The molecule has 2 heterocycles. The lowest BCUT2D eigenvalue weighted by molar-refractivity contribution is 0.556. The van der Waals surface area contributed by atoms with Crippen LogP contribution in [0.1, 0.15) is 17.4 Å². The molecule has 2 aromatic heterocycles. The van der Waals surface area contributed by atoms with E-state index in [2.05, 4.69) is 28.8 Å². The summed E-state index contributed by atoms with van der Waals surface area (Å²) >= 11 is 1.84. The third-order valence-electron chi connectivity index (χ3n) is 2.58. The zero-order chi connectivity index (χ0) is 11.2. The largest absolute Gasteiger partial charge is 0.310 e. The van der Waals surface area contributed by atoms with E-state index in [1.54, 1.807) is 0 Å². The predicted octanol–water partition coefficient (Wildman–Crippen LogP) is 2.30. The fourth-order valence-electron chi connectivity index (χ4n) is 1.67. The molecule has 4 heteroatoms. The van der Waals surface area contributed by atoms with Gasteiger partial charge in [0.05, 0.1) is 6.54 Å². The minimum absolute atomic E-state index is 0.930. The maximum atomic E-state index is 4.16. The van der Waals surface area contributed by atoms with Crippen LogP contribution in [0.5, 0.6) is 0 Å². The number of aromatic nitrogens is 2. The lowest BCUT2D eigenvalue weighted by Crippen LogP contribution is -2.19. The van der Waals surface area contributed by atoms with E-state index in [-0.39, 0.29) is 0 Å². The molecule has 1 N–H and O–H groups in total. The van der Waals surface area contributed by atoms with Gasteiger partial charge in [-0.3, -0.25) is 4.68 Å². The topological polar surface area (TPSA) is 29.9 Å². The molecule has 0 fully saturated rings. The van der Waals surface area contributed by atoms with Crippen molar-refractivity contribution in [1.29, 1.82) is 0 Å². The van der Waals surface area contributed by atoms with E-state index in [1.165, 1.54) is 10.4 Å². The number of hydrogen-bond acceptors (Lipinski definition) is 3. The minimum atomic E-state index is 0.930. The van der Waals surface area contributed by atoms with Crippen LogP contribution in [0.3, 0.4) is 0 Å². The zero-order valence-electron chi connectivity index (χ0n) is 9.52. The van der Waals surface area contributed by atoms with Crippen molar-refractivity contribution in [2.24, 2.45) is 0 Å². The van der Waals surface area contributed by atoms with Crippen LogP contribution in [0.15, 0.2) is 29.9 Å². The fraction of sp³-hybridized carbons (Fsp3) is 0.417. The van der Waals surface area contributed by atoms with E-state index in [9.17, 15) is 0 Å². The number of rotatable bonds is 6. The standard InChI is InChI=1S/C12H17N3S/c1-2-11-4-9-16-12(11)10-13-6-8-15-7-3-5-14-15/h3-5,7,9,13H,2,6,8,10H2,1H3. The number of hydrogen-bond donors (Lipinski definition) is 1. The van der Waals surface area contributed by atoms with Crippen molar-refractivity contribution in [2.75, 3.05) is 6.54 Å². The molecule has 0 aliphatic heterocycles. The highest BCUT2D eigenvalue weighted by atomic mass is 32.1. The van der Waals surface area contributed by atoms with Crippen LogP contribution in [-0.4, -0.2) is 16.3 Å². The van der Waals surface area contributed by atoms with E-state index >= 15 is 0 Å². The molecule has 0 saturated carbocycles. The summed E-state index contributed by atoms with van der Waals surface area (Å²) in [5, 5.41) is 9.78. The molecule has 86 valence electrons. The van der Waals surface area contributed by atoms with Crippen LogP contribution in [0.4, 0.5) is 0 Å². The average Bonchev–Trinajstić information content (AvgIpc) is 2.95. The Morgan fingerprint density at radius 1 is 1.50 bits per heavy atom. The summed E-state index contributed by atoms with van der Waals surface area (Å²) in [5.41, 5.74) is 1.47. The third kappa shape index (κ3) is 2.93. The molecule has 0 radical (unpaired) electrons. The monoisotopic (exact) mass is 235 g/mol. The normalized spacial score (nSPS) is 10.8. The second-order valence-electron chi connectivity index (χ2n) is 3.67. The Balaban J connectivity index is 1.72. The van der Waals surface area contributed by atoms with Gasteiger partial charge in [0, 0.05) is 30.4 Å². The molecular formula is C12H17N3S. The van der Waals surface area contributed by atoms with Gasteiger partial charge in [-0.25, -0.2) is 0 Å². The second-order valence-corrected chi connectivity index (χ2v) is 4.67. The summed E-state index contributed by atoms with van der Waals surface area (Å²) in [6.45, 7) is 5.07. The molecule has 0 aliphatic rings. The third-order valence-corrected chi connectivity index (χ3v) is 3.54. The molecule has 2 aromatic rings. The first-order valence-corrected chi connectivity index (χ1v) is 6.51. The molecule has 3 nitrogen and oxygen atoms in total. The Morgan fingerprint density at radius 2 is 2.44 bits per heavy atom. The molecule has 0 unspecified atom stereocenters. The Labute approximate surface area is 100 Å². The van der Waals surface area contributed by atoms with Crippen LogP contribution in [0, 0.1) is 0 Å². The van der Waals surface area contributed by atoms with E-state index in [0.717, 1.165) is 26.1 Å². The lowest BCUT2D eigenvalue weighted by atomic mass is 10.2. The van der Waals surface area contributed by atoms with Gasteiger partial charge in [0.1, 0.15) is 0 Å². The smallest absolute Gasteiger partial charge is 0.0534 e. The van der Waals surface area contributed by atoms with Crippen molar-refractivity contribution in [3.05, 3.63) is 40.3 Å². The van der Waals surface area contributed by atoms with Gasteiger partial charge in [0.15, 0.2) is 0 Å². The van der Waals surface area contributed by atoms with Crippen molar-refractivity contribution >= 4 is 11.3 Å². The van der Waals surface area contributed by atoms with Gasteiger partial charge < -0.3 is 5.32 Å². The molecule has 0 aliphatic carbocycles. The SMILES string of the molecule is CCc1ccsc1CNCCn1cccn1. The van der Waals surface area contributed by atoms with Crippen LogP contribution in [0.25, 0.3) is 0 Å². The molecule has 0 aromatic carbocycles. The van der Waals surface area contributed by atoms with Gasteiger partial charge in [-0.15, -0.1) is 11.3 Å². The molecule has 0 saturated heterocycles. The molecular weight excluding hydrogens is 218 g/mol. The Morgan fingerprint density at radius 3 is 3.19 bits per heavy atom. The highest BCUT2D eigenvalue weighted by Gasteiger charge is 2.01. The van der Waals surface area contributed by atoms with Crippen LogP contribution >= 0.6 is 11.3 Å². The molecule has 2 rings (SSSR count). The number of nitrogens with zero attached hydrogens (tertiary/aromatic N) is 2. The van der Waals surface area contributed by atoms with Gasteiger partial charge in [-0.2, -0.15) is 5.10 Å². The van der Waals surface area contributed by atoms with Gasteiger partial charge in [0.2, 0.25) is 0 Å². The first-order chi connectivity index (χ1) is 7.90. The number of nitrogens with one attached hydrogen (secondary N) is 1. The number of aryl methyl sites for hydroxylation is 1. The molecule has 0 amide bonds.